The van der Waals surface area contributed by atoms with E-state index in [0.717, 1.165) is 31.9 Å². The lowest BCUT2D eigenvalue weighted by Gasteiger charge is -2.38. The van der Waals surface area contributed by atoms with Crippen LogP contribution in [-0.2, 0) is 9.53 Å². The van der Waals surface area contributed by atoms with E-state index >= 15 is 0 Å². The third-order valence-electron chi connectivity index (χ3n) is 5.61. The first-order valence-electron chi connectivity index (χ1n) is 9.77. The second-order valence-corrected chi connectivity index (χ2v) is 9.52. The molecule has 3 aromatic rings. The van der Waals surface area contributed by atoms with Gasteiger partial charge in [-0.05, 0) is 23.1 Å². The third kappa shape index (κ3) is 3.06. The summed E-state index contributed by atoms with van der Waals surface area (Å²) in [4.78, 5) is 18.1. The summed E-state index contributed by atoms with van der Waals surface area (Å²) in [7, 11) is 0. The van der Waals surface area contributed by atoms with E-state index in [4.69, 9.17) is 15.5 Å². The van der Waals surface area contributed by atoms with Crippen molar-refractivity contribution in [1.29, 1.82) is 0 Å². The minimum absolute atomic E-state index is 0.134. The molecule has 2 aliphatic rings. The van der Waals surface area contributed by atoms with E-state index in [0.29, 0.717) is 24.5 Å². The zero-order chi connectivity index (χ0) is 20.2. The van der Waals surface area contributed by atoms with Crippen LogP contribution >= 0.6 is 11.3 Å². The number of nitrogens with two attached hydrogens (primary N) is 1. The molecule has 0 amide bonds. The van der Waals surface area contributed by atoms with E-state index in [9.17, 15) is 4.79 Å². The van der Waals surface area contributed by atoms with Crippen molar-refractivity contribution in [3.8, 4) is 0 Å². The summed E-state index contributed by atoms with van der Waals surface area (Å²) in [6.45, 7) is 4.19. The van der Waals surface area contributed by atoms with Crippen LogP contribution < -0.4 is 5.73 Å². The van der Waals surface area contributed by atoms with Gasteiger partial charge in [-0.3, -0.25) is 4.79 Å². The first kappa shape index (κ1) is 18.1. The molecule has 0 saturated carbocycles. The lowest BCUT2D eigenvalue weighted by molar-refractivity contribution is -0.118. The summed E-state index contributed by atoms with van der Waals surface area (Å²) in [5.74, 6) is 0.935. The van der Waals surface area contributed by atoms with Crippen LogP contribution in [0.25, 0.3) is 15.8 Å². The predicted octanol–water partition coefficient (Wildman–Crippen LogP) is 5.38. The van der Waals surface area contributed by atoms with E-state index in [1.54, 1.807) is 11.3 Å². The number of thiazole rings is 1. The zero-order valence-electron chi connectivity index (χ0n) is 16.4. The number of allylic oxidation sites excluding steroid dienone is 3. The number of ketones is 1. The van der Waals surface area contributed by atoms with Crippen LogP contribution in [-0.4, -0.2) is 10.8 Å². The summed E-state index contributed by atoms with van der Waals surface area (Å²) in [5, 5.41) is 0.807. The number of nitrogens with zero attached hydrogens (tertiary/aromatic N) is 1. The Labute approximate surface area is 173 Å². The first-order chi connectivity index (χ1) is 13.9. The van der Waals surface area contributed by atoms with Gasteiger partial charge in [0.15, 0.2) is 11.7 Å². The number of carbonyl (C=O) groups excluding carboxylic acids is 1. The minimum atomic E-state index is -0.260. The number of hydrogen-bond donors (Lipinski definition) is 1. The maximum atomic E-state index is 13.3. The van der Waals surface area contributed by atoms with E-state index in [-0.39, 0.29) is 17.1 Å². The number of para-hydroxylation sites is 1. The Morgan fingerprint density at radius 2 is 1.76 bits per heavy atom. The minimum Gasteiger partial charge on any atom is -0.445 e. The molecule has 1 unspecified atom stereocenters. The van der Waals surface area contributed by atoms with Crippen LogP contribution in [0.4, 0.5) is 0 Å². The largest absolute Gasteiger partial charge is 0.445 e. The molecule has 5 heteroatoms. The highest BCUT2D eigenvalue weighted by Gasteiger charge is 2.43. The number of benzene rings is 2. The fourth-order valence-corrected chi connectivity index (χ4v) is 5.41. The Morgan fingerprint density at radius 3 is 2.52 bits per heavy atom. The predicted molar refractivity (Wildman–Crippen MR) is 116 cm³/mol. The molecule has 146 valence electrons. The Morgan fingerprint density at radius 1 is 1.03 bits per heavy atom. The maximum Gasteiger partial charge on any atom is 0.197 e. The summed E-state index contributed by atoms with van der Waals surface area (Å²) in [6, 6.07) is 18.1. The van der Waals surface area contributed by atoms with Crippen molar-refractivity contribution >= 4 is 32.9 Å². The van der Waals surface area contributed by atoms with Gasteiger partial charge >= 0.3 is 0 Å². The van der Waals surface area contributed by atoms with Gasteiger partial charge in [0.05, 0.1) is 15.8 Å². The average Bonchev–Trinajstić information content (AvgIpc) is 3.10. The van der Waals surface area contributed by atoms with Gasteiger partial charge < -0.3 is 10.5 Å². The zero-order valence-corrected chi connectivity index (χ0v) is 17.3. The summed E-state index contributed by atoms with van der Waals surface area (Å²) >= 11 is 1.58. The quantitative estimate of drug-likeness (QED) is 0.625. The van der Waals surface area contributed by atoms with Crippen LogP contribution in [0.3, 0.4) is 0 Å². The van der Waals surface area contributed by atoms with E-state index in [2.05, 4.69) is 13.8 Å². The van der Waals surface area contributed by atoms with Gasteiger partial charge in [-0.2, -0.15) is 0 Å². The van der Waals surface area contributed by atoms with Crippen LogP contribution in [0.1, 0.15) is 43.2 Å². The molecule has 29 heavy (non-hydrogen) atoms. The summed E-state index contributed by atoms with van der Waals surface area (Å²) in [6.07, 6.45) is 1.21. The second-order valence-electron chi connectivity index (χ2n) is 8.49. The number of fused-ring (bicyclic) bond motifs is 1. The topological polar surface area (TPSA) is 65.2 Å². The highest BCUT2D eigenvalue weighted by molar-refractivity contribution is 7.19. The van der Waals surface area contributed by atoms with Gasteiger partial charge in [0.1, 0.15) is 10.8 Å². The summed E-state index contributed by atoms with van der Waals surface area (Å²) in [5.41, 5.74) is 9.84. The molecule has 4 nitrogen and oxygen atoms in total. The monoisotopic (exact) mass is 402 g/mol. The lowest BCUT2D eigenvalue weighted by atomic mass is 9.70. The molecule has 0 spiro atoms. The average molecular weight is 403 g/mol. The highest BCUT2D eigenvalue weighted by Crippen LogP contribution is 2.51. The summed E-state index contributed by atoms with van der Waals surface area (Å²) < 4.78 is 7.18. The molecule has 0 radical (unpaired) electrons. The Hall–Kier alpha value is -2.92. The van der Waals surface area contributed by atoms with E-state index in [1.165, 1.54) is 0 Å². The third-order valence-corrected chi connectivity index (χ3v) is 6.68. The van der Waals surface area contributed by atoms with Gasteiger partial charge in [0.2, 0.25) is 0 Å². The fraction of sp³-hybridized carbons (Fsp3) is 0.250. The van der Waals surface area contributed by atoms with Gasteiger partial charge in [-0.25, -0.2) is 4.98 Å². The van der Waals surface area contributed by atoms with Crippen molar-refractivity contribution in [3.63, 3.8) is 0 Å². The SMILES string of the molecule is CC1(C)CC(=O)C2=C(C1)OC(N)=C(c1nc3ccccc3s1)C2c1ccccc1. The van der Waals surface area contributed by atoms with Crippen molar-refractivity contribution in [2.45, 2.75) is 32.6 Å². The van der Waals surface area contributed by atoms with E-state index in [1.807, 2.05) is 54.6 Å². The van der Waals surface area contributed by atoms with Crippen molar-refractivity contribution in [2.75, 3.05) is 0 Å². The van der Waals surface area contributed by atoms with Crippen molar-refractivity contribution in [3.05, 3.63) is 82.4 Å². The van der Waals surface area contributed by atoms with Gasteiger partial charge in [0.25, 0.3) is 0 Å². The van der Waals surface area contributed by atoms with Gasteiger partial charge in [-0.1, -0.05) is 56.3 Å². The van der Waals surface area contributed by atoms with Crippen LogP contribution in [0.5, 0.6) is 0 Å². The number of carbonyl (C=O) groups is 1. The Bertz CT molecular complexity index is 1150. The molecule has 2 N–H and O–H groups in total. The van der Waals surface area contributed by atoms with Crippen molar-refractivity contribution in [1.82, 2.24) is 4.98 Å². The Kier molecular flexibility index (Phi) is 4.10. The number of hydrogen-bond acceptors (Lipinski definition) is 5. The molecule has 1 aliphatic heterocycles. The first-order valence-corrected chi connectivity index (χ1v) is 10.6. The highest BCUT2D eigenvalue weighted by atomic mass is 32.1. The molecule has 0 bridgehead atoms. The number of aromatic nitrogens is 1. The standard InChI is InChI=1S/C24H22N2O2S/c1-24(2)12-16(27)20-17(13-24)28-22(25)21(19(20)14-8-4-3-5-9-14)23-26-15-10-6-7-11-18(15)29-23/h3-11,19H,12-13,25H2,1-2H3. The molecule has 2 aromatic carbocycles. The number of rotatable bonds is 2. The van der Waals surface area contributed by atoms with Crippen molar-refractivity contribution in [2.24, 2.45) is 11.1 Å². The van der Waals surface area contributed by atoms with E-state index < -0.39 is 0 Å². The lowest BCUT2D eigenvalue weighted by Crippen LogP contribution is -2.33. The molecule has 0 saturated heterocycles. The molecule has 2 heterocycles. The Balaban J connectivity index is 1.72. The van der Waals surface area contributed by atoms with Gasteiger partial charge in [-0.15, -0.1) is 11.3 Å². The van der Waals surface area contributed by atoms with Crippen LogP contribution in [0.15, 0.2) is 71.8 Å². The van der Waals surface area contributed by atoms with Crippen LogP contribution in [0.2, 0.25) is 0 Å². The molecule has 1 aromatic heterocycles. The molecule has 5 rings (SSSR count). The molecular weight excluding hydrogens is 380 g/mol. The smallest absolute Gasteiger partial charge is 0.197 e. The number of Topliss-reactive ketones (excluding diaryl/α,β-unsaturated/α-hetero) is 1. The normalized spacial score (nSPS) is 21.3. The second kappa shape index (κ2) is 6.56. The van der Waals surface area contributed by atoms with Gasteiger partial charge in [0, 0.05) is 24.3 Å². The van der Waals surface area contributed by atoms with Crippen LogP contribution in [0, 0.1) is 5.41 Å². The van der Waals surface area contributed by atoms with Crippen molar-refractivity contribution < 1.29 is 9.53 Å². The maximum absolute atomic E-state index is 13.3. The number of ether oxygens (including phenoxy) is 1. The fourth-order valence-electron chi connectivity index (χ4n) is 4.36. The molecule has 0 fully saturated rings. The molecule has 1 atom stereocenters. The molecular formula is C24H22N2O2S. The molecule has 1 aliphatic carbocycles.